The topological polar surface area (TPSA) is 60.2 Å². The van der Waals surface area contributed by atoms with Crippen LogP contribution in [-0.2, 0) is 16.1 Å². The highest BCUT2D eigenvalue weighted by molar-refractivity contribution is 5.80. The van der Waals surface area contributed by atoms with Crippen molar-refractivity contribution < 1.29 is 9.53 Å². The summed E-state index contributed by atoms with van der Waals surface area (Å²) in [7, 11) is 0. The SMILES string of the molecule is Cc1cc2nnn(CC(=O)N3CCOCC3)c2cc1C. The van der Waals surface area contributed by atoms with Gasteiger partial charge in [-0.1, -0.05) is 5.21 Å². The number of aromatic nitrogens is 3. The number of hydrogen-bond acceptors (Lipinski definition) is 4. The maximum atomic E-state index is 12.2. The van der Waals surface area contributed by atoms with E-state index in [0.29, 0.717) is 26.3 Å². The Labute approximate surface area is 117 Å². The van der Waals surface area contributed by atoms with Crippen molar-refractivity contribution >= 4 is 16.9 Å². The molecule has 0 spiro atoms. The normalized spacial score (nSPS) is 15.8. The van der Waals surface area contributed by atoms with Crippen LogP contribution >= 0.6 is 0 Å². The molecular formula is C14H18N4O2. The number of fused-ring (bicyclic) bond motifs is 1. The highest BCUT2D eigenvalue weighted by Gasteiger charge is 2.18. The van der Waals surface area contributed by atoms with Crippen LogP contribution in [0.3, 0.4) is 0 Å². The van der Waals surface area contributed by atoms with Gasteiger partial charge in [0.15, 0.2) is 0 Å². The summed E-state index contributed by atoms with van der Waals surface area (Å²) < 4.78 is 6.94. The molecule has 2 aromatic rings. The van der Waals surface area contributed by atoms with E-state index in [4.69, 9.17) is 4.74 Å². The van der Waals surface area contributed by atoms with E-state index in [2.05, 4.69) is 17.2 Å². The van der Waals surface area contributed by atoms with Crippen LogP contribution < -0.4 is 0 Å². The van der Waals surface area contributed by atoms with Gasteiger partial charge in [0.05, 0.1) is 18.7 Å². The van der Waals surface area contributed by atoms with Crippen LogP contribution in [-0.4, -0.2) is 52.1 Å². The van der Waals surface area contributed by atoms with E-state index in [1.807, 2.05) is 24.0 Å². The van der Waals surface area contributed by atoms with Gasteiger partial charge in [0.2, 0.25) is 5.91 Å². The third-order valence-electron chi connectivity index (χ3n) is 3.78. The summed E-state index contributed by atoms with van der Waals surface area (Å²) in [6.45, 7) is 6.87. The van der Waals surface area contributed by atoms with Crippen molar-refractivity contribution in [1.29, 1.82) is 0 Å². The summed E-state index contributed by atoms with van der Waals surface area (Å²) in [5, 5.41) is 8.24. The second kappa shape index (κ2) is 5.20. The zero-order chi connectivity index (χ0) is 14.1. The van der Waals surface area contributed by atoms with Crippen molar-refractivity contribution in [3.05, 3.63) is 23.3 Å². The third kappa shape index (κ3) is 2.38. The molecule has 3 rings (SSSR count). The Bertz CT molecular complexity index is 644. The molecule has 1 fully saturated rings. The number of amides is 1. The molecule has 1 aromatic heterocycles. The average molecular weight is 274 g/mol. The first-order valence-corrected chi connectivity index (χ1v) is 6.81. The van der Waals surface area contributed by atoms with Crippen LogP contribution in [0.1, 0.15) is 11.1 Å². The molecule has 0 aliphatic carbocycles. The summed E-state index contributed by atoms with van der Waals surface area (Å²) in [5.41, 5.74) is 4.11. The Balaban J connectivity index is 1.83. The molecule has 6 nitrogen and oxygen atoms in total. The van der Waals surface area contributed by atoms with E-state index in [-0.39, 0.29) is 12.5 Å². The molecule has 6 heteroatoms. The van der Waals surface area contributed by atoms with Gasteiger partial charge in [-0.2, -0.15) is 0 Å². The molecule has 1 aromatic carbocycles. The van der Waals surface area contributed by atoms with Gasteiger partial charge < -0.3 is 9.64 Å². The quantitative estimate of drug-likeness (QED) is 0.816. The van der Waals surface area contributed by atoms with Crippen LogP contribution in [0, 0.1) is 13.8 Å². The number of benzene rings is 1. The lowest BCUT2D eigenvalue weighted by Crippen LogP contribution is -2.42. The summed E-state index contributed by atoms with van der Waals surface area (Å²) in [6.07, 6.45) is 0. The second-order valence-corrected chi connectivity index (χ2v) is 5.17. The fourth-order valence-corrected chi connectivity index (χ4v) is 2.38. The first-order chi connectivity index (χ1) is 9.65. The minimum Gasteiger partial charge on any atom is -0.378 e. The van der Waals surface area contributed by atoms with Crippen molar-refractivity contribution in [3.8, 4) is 0 Å². The molecule has 0 saturated carbocycles. The van der Waals surface area contributed by atoms with E-state index >= 15 is 0 Å². The Kier molecular flexibility index (Phi) is 3.40. The molecule has 1 saturated heterocycles. The van der Waals surface area contributed by atoms with Crippen LogP contribution in [0.25, 0.3) is 11.0 Å². The van der Waals surface area contributed by atoms with Crippen LogP contribution in [0.5, 0.6) is 0 Å². The van der Waals surface area contributed by atoms with Crippen molar-refractivity contribution in [3.63, 3.8) is 0 Å². The molecule has 1 aliphatic heterocycles. The van der Waals surface area contributed by atoms with E-state index in [9.17, 15) is 4.79 Å². The largest absolute Gasteiger partial charge is 0.378 e. The number of ether oxygens (including phenoxy) is 1. The van der Waals surface area contributed by atoms with E-state index < -0.39 is 0 Å². The standard InChI is InChI=1S/C14H18N4O2/c1-10-7-12-13(8-11(10)2)18(16-15-12)9-14(19)17-3-5-20-6-4-17/h7-8H,3-6,9H2,1-2H3. The van der Waals surface area contributed by atoms with Crippen LogP contribution in [0.2, 0.25) is 0 Å². The third-order valence-corrected chi connectivity index (χ3v) is 3.78. The van der Waals surface area contributed by atoms with Gasteiger partial charge in [0, 0.05) is 13.1 Å². The number of carbonyl (C=O) groups excluding carboxylic acids is 1. The predicted octanol–water partition coefficient (Wildman–Crippen LogP) is 0.907. The fraction of sp³-hybridized carbons (Fsp3) is 0.500. The van der Waals surface area contributed by atoms with E-state index in [0.717, 1.165) is 11.0 Å². The number of carbonyl (C=O) groups is 1. The molecule has 2 heterocycles. The monoisotopic (exact) mass is 274 g/mol. The molecule has 0 unspecified atom stereocenters. The molecular weight excluding hydrogens is 256 g/mol. The molecule has 0 atom stereocenters. The average Bonchev–Trinajstić information content (AvgIpc) is 2.83. The van der Waals surface area contributed by atoms with Gasteiger partial charge in [0.25, 0.3) is 0 Å². The zero-order valence-corrected chi connectivity index (χ0v) is 11.8. The Hall–Kier alpha value is -1.95. The number of morpholine rings is 1. The summed E-state index contributed by atoms with van der Waals surface area (Å²) in [6, 6.07) is 4.05. The van der Waals surface area contributed by atoms with E-state index in [1.54, 1.807) is 4.68 Å². The first-order valence-electron chi connectivity index (χ1n) is 6.81. The van der Waals surface area contributed by atoms with Gasteiger partial charge in [-0.05, 0) is 37.1 Å². The van der Waals surface area contributed by atoms with Crippen molar-refractivity contribution in [2.75, 3.05) is 26.3 Å². The molecule has 0 bridgehead atoms. The van der Waals surface area contributed by atoms with Gasteiger partial charge >= 0.3 is 0 Å². The Morgan fingerprint density at radius 2 is 1.95 bits per heavy atom. The molecule has 1 amide bonds. The lowest BCUT2D eigenvalue weighted by atomic mass is 10.1. The molecule has 1 aliphatic rings. The summed E-state index contributed by atoms with van der Waals surface area (Å²) >= 11 is 0. The summed E-state index contributed by atoms with van der Waals surface area (Å²) in [5.74, 6) is 0.0679. The maximum absolute atomic E-state index is 12.2. The maximum Gasteiger partial charge on any atom is 0.244 e. The van der Waals surface area contributed by atoms with Crippen molar-refractivity contribution in [2.45, 2.75) is 20.4 Å². The molecule has 0 N–H and O–H groups in total. The molecule has 0 radical (unpaired) electrons. The van der Waals surface area contributed by atoms with Gasteiger partial charge in [-0.25, -0.2) is 4.68 Å². The smallest absolute Gasteiger partial charge is 0.244 e. The fourth-order valence-electron chi connectivity index (χ4n) is 2.38. The van der Waals surface area contributed by atoms with Crippen LogP contribution in [0.15, 0.2) is 12.1 Å². The second-order valence-electron chi connectivity index (χ2n) is 5.17. The van der Waals surface area contributed by atoms with Gasteiger partial charge in [-0.15, -0.1) is 5.10 Å². The Morgan fingerprint density at radius 3 is 2.70 bits per heavy atom. The first kappa shape index (κ1) is 13.1. The number of hydrogen-bond donors (Lipinski definition) is 0. The van der Waals surface area contributed by atoms with Gasteiger partial charge in [-0.3, -0.25) is 4.79 Å². The number of aryl methyl sites for hydroxylation is 2. The highest BCUT2D eigenvalue weighted by atomic mass is 16.5. The number of nitrogens with zero attached hydrogens (tertiary/aromatic N) is 4. The molecule has 20 heavy (non-hydrogen) atoms. The minimum atomic E-state index is 0.0679. The Morgan fingerprint density at radius 1 is 1.25 bits per heavy atom. The summed E-state index contributed by atoms with van der Waals surface area (Å²) in [4.78, 5) is 14.1. The van der Waals surface area contributed by atoms with Gasteiger partial charge in [0.1, 0.15) is 12.1 Å². The lowest BCUT2D eigenvalue weighted by Gasteiger charge is -2.26. The van der Waals surface area contributed by atoms with Crippen LogP contribution in [0.4, 0.5) is 0 Å². The van der Waals surface area contributed by atoms with E-state index in [1.165, 1.54) is 11.1 Å². The predicted molar refractivity (Wildman–Crippen MR) is 74.4 cm³/mol. The zero-order valence-electron chi connectivity index (χ0n) is 11.8. The highest BCUT2D eigenvalue weighted by Crippen LogP contribution is 2.17. The van der Waals surface area contributed by atoms with Crippen molar-refractivity contribution in [1.82, 2.24) is 19.9 Å². The minimum absolute atomic E-state index is 0.0679. The molecule has 106 valence electrons. The number of rotatable bonds is 2. The lowest BCUT2D eigenvalue weighted by molar-refractivity contribution is -0.136. The van der Waals surface area contributed by atoms with Crippen molar-refractivity contribution in [2.24, 2.45) is 0 Å².